The highest BCUT2D eigenvalue weighted by Gasteiger charge is 2.42. The molecule has 2 aromatic heterocycles. The first-order chi connectivity index (χ1) is 12.7. The molecular formula is C18H26N4O3S. The minimum absolute atomic E-state index is 0.338. The fourth-order valence-corrected chi connectivity index (χ4v) is 4.66. The summed E-state index contributed by atoms with van der Waals surface area (Å²) in [6.45, 7) is 6.43. The summed E-state index contributed by atoms with van der Waals surface area (Å²) in [7, 11) is 1.75. The molecule has 0 unspecified atom stereocenters. The molecule has 8 heteroatoms. The van der Waals surface area contributed by atoms with Gasteiger partial charge in [0.2, 0.25) is 0 Å². The van der Waals surface area contributed by atoms with E-state index in [0.29, 0.717) is 11.8 Å². The van der Waals surface area contributed by atoms with Crippen LogP contribution in [0.5, 0.6) is 0 Å². The lowest BCUT2D eigenvalue weighted by atomic mass is 9.90. The van der Waals surface area contributed by atoms with Crippen LogP contribution >= 0.6 is 11.3 Å². The van der Waals surface area contributed by atoms with E-state index < -0.39 is 5.60 Å². The zero-order chi connectivity index (χ0) is 18.0. The number of hydrogen-bond donors (Lipinski definition) is 0. The second kappa shape index (κ2) is 7.72. The molecule has 2 aliphatic rings. The van der Waals surface area contributed by atoms with Crippen LogP contribution < -0.4 is 0 Å². The average Bonchev–Trinajstić information content (AvgIpc) is 3.33. The Balaban J connectivity index is 1.41. The van der Waals surface area contributed by atoms with Crippen LogP contribution in [0.2, 0.25) is 0 Å². The Hall–Kier alpha value is -1.35. The zero-order valence-corrected chi connectivity index (χ0v) is 16.3. The largest absolute Gasteiger partial charge is 0.381 e. The van der Waals surface area contributed by atoms with Gasteiger partial charge in [-0.1, -0.05) is 5.16 Å². The minimum Gasteiger partial charge on any atom is -0.381 e. The molecule has 7 nitrogen and oxygen atoms in total. The number of aryl methyl sites for hydroxylation is 1. The molecular weight excluding hydrogens is 352 g/mol. The number of nitrogens with zero attached hydrogens (tertiary/aromatic N) is 4. The zero-order valence-electron chi connectivity index (χ0n) is 15.4. The summed E-state index contributed by atoms with van der Waals surface area (Å²) in [6.07, 6.45) is 5.62. The summed E-state index contributed by atoms with van der Waals surface area (Å²) in [5.74, 6) is 1.78. The molecule has 0 amide bonds. The molecule has 26 heavy (non-hydrogen) atoms. The van der Waals surface area contributed by atoms with Gasteiger partial charge in [0.1, 0.15) is 5.60 Å². The van der Waals surface area contributed by atoms with Gasteiger partial charge in [0.15, 0.2) is 5.82 Å². The van der Waals surface area contributed by atoms with Gasteiger partial charge < -0.3 is 14.0 Å². The number of ether oxygens (including phenoxy) is 2. The van der Waals surface area contributed by atoms with Crippen molar-refractivity contribution >= 4 is 11.3 Å². The average molecular weight is 378 g/mol. The van der Waals surface area contributed by atoms with Crippen LogP contribution in [0.3, 0.4) is 0 Å². The summed E-state index contributed by atoms with van der Waals surface area (Å²) in [5, 5.41) is 5.38. The highest BCUT2D eigenvalue weighted by molar-refractivity contribution is 7.11. The van der Waals surface area contributed by atoms with Gasteiger partial charge in [0, 0.05) is 56.9 Å². The van der Waals surface area contributed by atoms with E-state index in [2.05, 4.69) is 15.0 Å². The van der Waals surface area contributed by atoms with Crippen molar-refractivity contribution in [3.63, 3.8) is 0 Å². The van der Waals surface area contributed by atoms with Crippen LogP contribution in [0, 0.1) is 6.92 Å². The minimum atomic E-state index is -0.462. The van der Waals surface area contributed by atoms with Gasteiger partial charge in [-0.25, -0.2) is 4.98 Å². The van der Waals surface area contributed by atoms with Crippen molar-refractivity contribution in [1.29, 1.82) is 0 Å². The van der Waals surface area contributed by atoms with E-state index in [4.69, 9.17) is 19.0 Å². The maximum Gasteiger partial charge on any atom is 0.258 e. The van der Waals surface area contributed by atoms with Crippen LogP contribution in [-0.2, 0) is 21.6 Å². The van der Waals surface area contributed by atoms with Crippen molar-refractivity contribution in [1.82, 2.24) is 20.0 Å². The molecule has 142 valence electrons. The molecule has 0 aromatic carbocycles. The van der Waals surface area contributed by atoms with E-state index in [0.717, 1.165) is 69.4 Å². The second-order valence-electron chi connectivity index (χ2n) is 7.16. The number of methoxy groups -OCH3 is 1. The second-order valence-corrected chi connectivity index (χ2v) is 8.48. The molecule has 0 spiro atoms. The third-order valence-electron chi connectivity index (χ3n) is 5.52. The fraction of sp³-hybridized carbons (Fsp3) is 0.722. The molecule has 0 bridgehead atoms. The molecule has 2 aromatic rings. The van der Waals surface area contributed by atoms with Gasteiger partial charge in [-0.05, 0) is 32.6 Å². The number of thiazole rings is 1. The van der Waals surface area contributed by atoms with Crippen molar-refractivity contribution in [2.45, 2.75) is 50.7 Å². The molecule has 0 atom stereocenters. The normalized spacial score (nSPS) is 21.9. The van der Waals surface area contributed by atoms with Crippen molar-refractivity contribution in [2.24, 2.45) is 0 Å². The summed E-state index contributed by atoms with van der Waals surface area (Å²) < 4.78 is 17.0. The highest BCUT2D eigenvalue weighted by atomic mass is 32.1. The lowest BCUT2D eigenvalue weighted by molar-refractivity contribution is -0.0837. The van der Waals surface area contributed by atoms with E-state index in [-0.39, 0.29) is 0 Å². The Kier molecular flexibility index (Phi) is 5.35. The maximum absolute atomic E-state index is 5.91. The number of rotatable bonds is 5. The molecule has 0 radical (unpaired) electrons. The molecule has 4 rings (SSSR count). The number of likely N-dealkylation sites (tertiary alicyclic amines) is 1. The molecule has 4 heterocycles. The SMILES string of the molecule is COC1(c2nc(C3CCOCC3)no2)CCN(Cc2cnc(C)s2)CC1. The number of hydrogen-bond acceptors (Lipinski definition) is 8. The van der Waals surface area contributed by atoms with Gasteiger partial charge in [-0.2, -0.15) is 4.98 Å². The van der Waals surface area contributed by atoms with Crippen LogP contribution in [0.15, 0.2) is 10.7 Å². The van der Waals surface area contributed by atoms with Crippen molar-refractivity contribution < 1.29 is 14.0 Å². The summed E-state index contributed by atoms with van der Waals surface area (Å²) in [5.41, 5.74) is -0.462. The fourth-order valence-electron chi connectivity index (χ4n) is 3.82. The van der Waals surface area contributed by atoms with Gasteiger partial charge in [0.25, 0.3) is 5.89 Å². The standard InChI is InChI=1S/C18H26N4O3S/c1-13-19-11-15(26-13)12-22-7-5-18(23-2,6-8-22)17-20-16(21-25-17)14-3-9-24-10-4-14/h11,14H,3-10,12H2,1-2H3. The van der Waals surface area contributed by atoms with Crippen molar-refractivity contribution in [2.75, 3.05) is 33.4 Å². The Morgan fingerprint density at radius 3 is 2.73 bits per heavy atom. The van der Waals surface area contributed by atoms with E-state index in [1.807, 2.05) is 13.1 Å². The molecule has 0 aliphatic carbocycles. The Morgan fingerprint density at radius 1 is 1.31 bits per heavy atom. The quantitative estimate of drug-likeness (QED) is 0.792. The van der Waals surface area contributed by atoms with Crippen LogP contribution in [0.1, 0.15) is 53.2 Å². The summed E-state index contributed by atoms with van der Waals surface area (Å²) in [4.78, 5) is 12.8. The molecule has 0 saturated carbocycles. The van der Waals surface area contributed by atoms with Gasteiger partial charge in [-0.3, -0.25) is 4.90 Å². The Labute approximate surface area is 157 Å². The number of piperidine rings is 1. The molecule has 2 fully saturated rings. The topological polar surface area (TPSA) is 73.5 Å². The van der Waals surface area contributed by atoms with Gasteiger partial charge >= 0.3 is 0 Å². The lowest BCUT2D eigenvalue weighted by Gasteiger charge is -2.38. The van der Waals surface area contributed by atoms with E-state index >= 15 is 0 Å². The van der Waals surface area contributed by atoms with Crippen LogP contribution in [-0.4, -0.2) is 53.4 Å². The monoisotopic (exact) mass is 378 g/mol. The summed E-state index contributed by atoms with van der Waals surface area (Å²) in [6, 6.07) is 0. The van der Waals surface area contributed by atoms with Gasteiger partial charge in [-0.15, -0.1) is 11.3 Å². The first-order valence-corrected chi connectivity index (χ1v) is 10.1. The maximum atomic E-state index is 5.91. The van der Waals surface area contributed by atoms with Crippen molar-refractivity contribution in [3.8, 4) is 0 Å². The smallest absolute Gasteiger partial charge is 0.258 e. The van der Waals surface area contributed by atoms with Crippen molar-refractivity contribution in [3.05, 3.63) is 27.8 Å². The first-order valence-electron chi connectivity index (χ1n) is 9.29. The summed E-state index contributed by atoms with van der Waals surface area (Å²) >= 11 is 1.77. The third kappa shape index (κ3) is 3.69. The van der Waals surface area contributed by atoms with E-state index in [9.17, 15) is 0 Å². The molecule has 2 aliphatic heterocycles. The highest BCUT2D eigenvalue weighted by Crippen LogP contribution is 2.37. The Morgan fingerprint density at radius 2 is 2.08 bits per heavy atom. The van der Waals surface area contributed by atoms with Crippen LogP contribution in [0.25, 0.3) is 0 Å². The van der Waals surface area contributed by atoms with Crippen LogP contribution in [0.4, 0.5) is 0 Å². The molecule has 2 saturated heterocycles. The third-order valence-corrected chi connectivity index (χ3v) is 6.42. The van der Waals surface area contributed by atoms with E-state index in [1.165, 1.54) is 4.88 Å². The molecule has 0 N–H and O–H groups in total. The first kappa shape index (κ1) is 18.0. The van der Waals surface area contributed by atoms with E-state index in [1.54, 1.807) is 18.4 Å². The lowest BCUT2D eigenvalue weighted by Crippen LogP contribution is -2.43. The van der Waals surface area contributed by atoms with Gasteiger partial charge in [0.05, 0.1) is 5.01 Å². The predicted octanol–water partition coefficient (Wildman–Crippen LogP) is 2.87. The predicted molar refractivity (Wildman–Crippen MR) is 97.1 cm³/mol. The Bertz CT molecular complexity index is 718. The number of aromatic nitrogens is 3.